The molecule has 3 aromatic carbocycles. The van der Waals surface area contributed by atoms with E-state index in [-0.39, 0.29) is 11.6 Å². The molecule has 168 valence electrons. The number of hydrogen-bond acceptors (Lipinski definition) is 5. The van der Waals surface area contributed by atoms with E-state index in [1.165, 1.54) is 0 Å². The van der Waals surface area contributed by atoms with Crippen LogP contribution in [0.5, 0.6) is 11.5 Å². The van der Waals surface area contributed by atoms with Crippen molar-refractivity contribution in [2.45, 2.75) is 13.5 Å². The maximum absolute atomic E-state index is 12.4. The Labute approximate surface area is 224 Å². The van der Waals surface area contributed by atoms with Crippen molar-refractivity contribution in [3.05, 3.63) is 94.7 Å². The first-order valence-electron chi connectivity index (χ1n) is 9.88. The molecule has 0 atom stereocenters. The van der Waals surface area contributed by atoms with Crippen LogP contribution in [0.2, 0.25) is 5.02 Å². The van der Waals surface area contributed by atoms with E-state index < -0.39 is 5.97 Å². The Bertz CT molecular complexity index is 1300. The summed E-state index contributed by atoms with van der Waals surface area (Å²) in [5.74, 6) is 0.661. The van der Waals surface area contributed by atoms with E-state index in [1.54, 1.807) is 25.3 Å². The number of carbonyl (C=O) groups excluding carboxylic acids is 1. The summed E-state index contributed by atoms with van der Waals surface area (Å²) in [6.45, 7) is 2.35. The lowest BCUT2D eigenvalue weighted by Crippen LogP contribution is -2.05. The van der Waals surface area contributed by atoms with Crippen molar-refractivity contribution in [2.75, 3.05) is 7.11 Å². The maximum Gasteiger partial charge on any atom is 0.363 e. The summed E-state index contributed by atoms with van der Waals surface area (Å²) in [7, 11) is 1.54. The SMILES string of the molecule is COc1cc(/C=C2\N=C(c3ccc(I)c(C)c3)OC2=O)cc(Cl)c1OCc1ccccc1I. The summed E-state index contributed by atoms with van der Waals surface area (Å²) in [5.41, 5.74) is 3.71. The summed E-state index contributed by atoms with van der Waals surface area (Å²) in [6.07, 6.45) is 1.62. The van der Waals surface area contributed by atoms with Gasteiger partial charge in [0.25, 0.3) is 0 Å². The van der Waals surface area contributed by atoms with E-state index in [0.717, 1.165) is 23.8 Å². The second-order valence-electron chi connectivity index (χ2n) is 7.21. The second-order valence-corrected chi connectivity index (χ2v) is 9.95. The highest BCUT2D eigenvalue weighted by atomic mass is 127. The van der Waals surface area contributed by atoms with Crippen molar-refractivity contribution in [2.24, 2.45) is 4.99 Å². The van der Waals surface area contributed by atoms with Gasteiger partial charge in [0.2, 0.25) is 5.90 Å². The quantitative estimate of drug-likeness (QED) is 0.163. The molecule has 0 amide bonds. The van der Waals surface area contributed by atoms with Crippen LogP contribution in [0.3, 0.4) is 0 Å². The zero-order valence-electron chi connectivity index (χ0n) is 17.7. The molecule has 3 aromatic rings. The van der Waals surface area contributed by atoms with E-state index >= 15 is 0 Å². The standard InChI is InChI=1S/C25H18ClI2NO4/c1-14-9-16(7-8-19(14)27)24-29-21(25(30)33-24)11-15-10-18(26)23(22(12-15)31-2)32-13-17-5-3-4-6-20(17)28/h3-12H,13H2,1-2H3/b21-11-. The fourth-order valence-electron chi connectivity index (χ4n) is 3.20. The Morgan fingerprint density at radius 2 is 1.88 bits per heavy atom. The fourth-order valence-corrected chi connectivity index (χ4v) is 4.35. The van der Waals surface area contributed by atoms with E-state index in [4.69, 9.17) is 25.8 Å². The molecule has 33 heavy (non-hydrogen) atoms. The number of aliphatic imine (C=N–C) groups is 1. The van der Waals surface area contributed by atoms with E-state index in [1.807, 2.05) is 49.4 Å². The third-order valence-corrected chi connectivity index (χ3v) is 7.45. The molecule has 0 fully saturated rings. The van der Waals surface area contributed by atoms with Crippen LogP contribution in [-0.2, 0) is 16.1 Å². The van der Waals surface area contributed by atoms with Gasteiger partial charge in [0, 0.05) is 18.3 Å². The van der Waals surface area contributed by atoms with Gasteiger partial charge in [0.05, 0.1) is 12.1 Å². The summed E-state index contributed by atoms with van der Waals surface area (Å²) in [5, 5.41) is 0.371. The minimum atomic E-state index is -0.518. The third-order valence-electron chi connectivity index (χ3n) is 4.91. The van der Waals surface area contributed by atoms with Gasteiger partial charge in [0.15, 0.2) is 17.2 Å². The molecule has 5 nitrogen and oxygen atoms in total. The molecule has 1 aliphatic heterocycles. The summed E-state index contributed by atoms with van der Waals surface area (Å²) in [6, 6.07) is 17.2. The fraction of sp³-hybridized carbons (Fsp3) is 0.120. The van der Waals surface area contributed by atoms with Crippen LogP contribution in [0.1, 0.15) is 22.3 Å². The van der Waals surface area contributed by atoms with Crippen LogP contribution in [0, 0.1) is 14.1 Å². The van der Waals surface area contributed by atoms with Crippen LogP contribution < -0.4 is 9.47 Å². The number of methoxy groups -OCH3 is 1. The molecule has 4 rings (SSSR count). The first-order chi connectivity index (χ1) is 15.9. The highest BCUT2D eigenvalue weighted by Crippen LogP contribution is 2.38. The molecule has 0 N–H and O–H groups in total. The number of aryl methyl sites for hydroxylation is 1. The Kier molecular flexibility index (Phi) is 7.60. The lowest BCUT2D eigenvalue weighted by molar-refractivity contribution is -0.129. The number of carbonyl (C=O) groups is 1. The molecule has 1 aliphatic rings. The van der Waals surface area contributed by atoms with Crippen molar-refractivity contribution in [3.8, 4) is 11.5 Å². The highest BCUT2D eigenvalue weighted by Gasteiger charge is 2.25. The normalized spacial score (nSPS) is 14.3. The van der Waals surface area contributed by atoms with Gasteiger partial charge in [0.1, 0.15) is 6.61 Å². The minimum Gasteiger partial charge on any atom is -0.493 e. The maximum atomic E-state index is 12.4. The van der Waals surface area contributed by atoms with Gasteiger partial charge in [-0.05, 0) is 106 Å². The number of hydrogen-bond donors (Lipinski definition) is 0. The molecule has 0 saturated heterocycles. The number of ether oxygens (including phenoxy) is 3. The second kappa shape index (κ2) is 10.4. The first-order valence-corrected chi connectivity index (χ1v) is 12.4. The average molecular weight is 686 g/mol. The van der Waals surface area contributed by atoms with Crippen molar-refractivity contribution < 1.29 is 19.0 Å². The molecule has 0 spiro atoms. The minimum absolute atomic E-state index is 0.187. The molecule has 1 heterocycles. The molecule has 8 heteroatoms. The van der Waals surface area contributed by atoms with Crippen LogP contribution in [0.25, 0.3) is 6.08 Å². The Morgan fingerprint density at radius 3 is 2.61 bits per heavy atom. The number of halogens is 3. The first kappa shape index (κ1) is 24.0. The molecule has 0 unspecified atom stereocenters. The van der Waals surface area contributed by atoms with Crippen LogP contribution >= 0.6 is 56.8 Å². The molecule has 0 radical (unpaired) electrons. The number of nitrogens with zero attached hydrogens (tertiary/aromatic N) is 1. The van der Waals surface area contributed by atoms with Crippen LogP contribution in [0.15, 0.2) is 65.3 Å². The van der Waals surface area contributed by atoms with Gasteiger partial charge in [-0.25, -0.2) is 9.79 Å². The molecule has 0 aliphatic carbocycles. The van der Waals surface area contributed by atoms with Gasteiger partial charge in [-0.2, -0.15) is 0 Å². The lowest BCUT2D eigenvalue weighted by Gasteiger charge is -2.14. The van der Waals surface area contributed by atoms with E-state index in [2.05, 4.69) is 50.2 Å². The van der Waals surface area contributed by atoms with Gasteiger partial charge in [-0.1, -0.05) is 29.8 Å². The van der Waals surface area contributed by atoms with Gasteiger partial charge < -0.3 is 14.2 Å². The topological polar surface area (TPSA) is 57.1 Å². The predicted octanol–water partition coefficient (Wildman–Crippen LogP) is 6.79. The van der Waals surface area contributed by atoms with Crippen molar-refractivity contribution in [1.29, 1.82) is 0 Å². The summed E-state index contributed by atoms with van der Waals surface area (Å²) >= 11 is 11.0. The van der Waals surface area contributed by atoms with Crippen LogP contribution in [0.4, 0.5) is 0 Å². The van der Waals surface area contributed by atoms with Crippen molar-refractivity contribution >= 4 is 74.7 Å². The van der Waals surface area contributed by atoms with Gasteiger partial charge in [-0.15, -0.1) is 0 Å². The van der Waals surface area contributed by atoms with E-state index in [0.29, 0.717) is 28.7 Å². The van der Waals surface area contributed by atoms with Crippen molar-refractivity contribution in [3.63, 3.8) is 0 Å². The highest BCUT2D eigenvalue weighted by molar-refractivity contribution is 14.1. The van der Waals surface area contributed by atoms with Gasteiger partial charge in [-0.3, -0.25) is 0 Å². The number of benzene rings is 3. The number of cyclic esters (lactones) is 1. The van der Waals surface area contributed by atoms with Crippen LogP contribution in [-0.4, -0.2) is 19.0 Å². The van der Waals surface area contributed by atoms with E-state index in [9.17, 15) is 4.79 Å². The third kappa shape index (κ3) is 5.52. The summed E-state index contributed by atoms with van der Waals surface area (Å²) < 4.78 is 19.1. The Hall–Kier alpha value is -2.11. The Balaban J connectivity index is 1.60. The molecule has 0 saturated carbocycles. The smallest absolute Gasteiger partial charge is 0.363 e. The molecular weight excluding hydrogens is 668 g/mol. The Morgan fingerprint density at radius 1 is 1.09 bits per heavy atom. The van der Waals surface area contributed by atoms with Gasteiger partial charge >= 0.3 is 5.97 Å². The predicted molar refractivity (Wildman–Crippen MR) is 146 cm³/mol. The zero-order valence-corrected chi connectivity index (χ0v) is 22.8. The lowest BCUT2D eigenvalue weighted by atomic mass is 10.1. The number of esters is 1. The zero-order chi connectivity index (χ0) is 23.5. The monoisotopic (exact) mass is 685 g/mol. The molecule has 0 bridgehead atoms. The molecule has 0 aromatic heterocycles. The number of rotatable bonds is 6. The molecular formula is C25H18ClI2NO4. The van der Waals surface area contributed by atoms with Crippen molar-refractivity contribution in [1.82, 2.24) is 0 Å². The average Bonchev–Trinajstić information content (AvgIpc) is 3.15. The largest absolute Gasteiger partial charge is 0.493 e. The summed E-state index contributed by atoms with van der Waals surface area (Å²) in [4.78, 5) is 16.8.